The number of rotatable bonds is 2. The van der Waals surface area contributed by atoms with Crippen LogP contribution < -0.4 is 4.43 Å². The van der Waals surface area contributed by atoms with Crippen molar-refractivity contribution >= 4 is 22.8 Å². The molecule has 1 aliphatic carbocycles. The van der Waals surface area contributed by atoms with Crippen molar-refractivity contribution in [3.05, 3.63) is 63.6 Å². The van der Waals surface area contributed by atoms with Crippen molar-refractivity contribution < 1.29 is 17.6 Å². The van der Waals surface area contributed by atoms with Crippen LogP contribution in [0.3, 0.4) is 0 Å². The quantitative estimate of drug-likeness (QED) is 0.782. The Morgan fingerprint density at radius 2 is 2.00 bits per heavy atom. The van der Waals surface area contributed by atoms with Gasteiger partial charge in [-0.3, -0.25) is 0 Å². The molecule has 0 radical (unpaired) electrons. The summed E-state index contributed by atoms with van der Waals surface area (Å²) < 4.78 is 40.5. The molecule has 0 spiro atoms. The smallest absolute Gasteiger partial charge is 0.316 e. The fourth-order valence-electron chi connectivity index (χ4n) is 2.31. The van der Waals surface area contributed by atoms with Crippen LogP contribution in [0.5, 0.6) is 0 Å². The van der Waals surface area contributed by atoms with E-state index in [9.17, 15) is 23.3 Å². The van der Waals surface area contributed by atoms with Gasteiger partial charge >= 0.3 is 5.03 Å². The largest absolute Gasteiger partial charge is 0.805 e. The third-order valence-electron chi connectivity index (χ3n) is 3.53. The maximum absolute atomic E-state index is 13.4. The van der Waals surface area contributed by atoms with Crippen molar-refractivity contribution in [3.63, 3.8) is 0 Å². The summed E-state index contributed by atoms with van der Waals surface area (Å²) in [5, 5.41) is 12.1. The van der Waals surface area contributed by atoms with Crippen LogP contribution in [-0.4, -0.2) is 9.98 Å². The molecular formula is C15H11F3N2O2S. The Balaban J connectivity index is 2.13. The lowest BCUT2D eigenvalue weighted by atomic mass is 10.2. The van der Waals surface area contributed by atoms with E-state index in [-0.39, 0.29) is 32.8 Å². The number of hydrogen-bond donors (Lipinski definition) is 0. The molecule has 0 aliphatic heterocycles. The molecule has 23 heavy (non-hydrogen) atoms. The standard InChI is InChI=1S/C15H11F3N2O2S/c1-8-15(23-10-4-2-9(16)3-5-10)20(22)14-7-12(18)11(17)6-13(14)19(8)21/h2-4,6-7,10H,5H2,1H3. The van der Waals surface area contributed by atoms with Crippen molar-refractivity contribution in [2.45, 2.75) is 23.6 Å². The minimum Gasteiger partial charge on any atom is -0.805 e. The van der Waals surface area contributed by atoms with Crippen molar-refractivity contribution in [2.75, 3.05) is 0 Å². The molecule has 0 bridgehead atoms. The Labute approximate surface area is 133 Å². The minimum atomic E-state index is -1.20. The summed E-state index contributed by atoms with van der Waals surface area (Å²) in [6.07, 6.45) is 4.61. The van der Waals surface area contributed by atoms with E-state index < -0.39 is 11.6 Å². The monoisotopic (exact) mass is 340 g/mol. The van der Waals surface area contributed by atoms with Gasteiger partial charge in [-0.05, 0) is 37.3 Å². The van der Waals surface area contributed by atoms with Gasteiger partial charge in [0.15, 0.2) is 11.6 Å². The van der Waals surface area contributed by atoms with Crippen LogP contribution in [0.15, 0.2) is 41.2 Å². The SMILES string of the molecule is Cc1c(SC2C=CC(F)=CC2)[n+](=O)c2cc(F)c(F)cc2n1[O-]. The molecule has 4 nitrogen and oxygen atoms in total. The molecule has 0 amide bonds. The molecule has 8 heteroatoms. The molecule has 0 saturated heterocycles. The van der Waals surface area contributed by atoms with Gasteiger partial charge in [0.25, 0.3) is 5.52 Å². The average molecular weight is 340 g/mol. The summed E-state index contributed by atoms with van der Waals surface area (Å²) in [5.74, 6) is -2.76. The lowest BCUT2D eigenvalue weighted by Gasteiger charge is -2.18. The van der Waals surface area contributed by atoms with E-state index in [4.69, 9.17) is 0 Å². The highest BCUT2D eigenvalue weighted by Crippen LogP contribution is 2.30. The normalized spacial score (nSPS) is 17.6. The fourth-order valence-corrected chi connectivity index (χ4v) is 3.40. The van der Waals surface area contributed by atoms with Crippen LogP contribution in [0.1, 0.15) is 12.1 Å². The maximum atomic E-state index is 13.4. The zero-order chi connectivity index (χ0) is 16.7. The number of allylic oxidation sites excluding steroid dienone is 3. The molecule has 3 rings (SSSR count). The molecule has 120 valence electrons. The van der Waals surface area contributed by atoms with Gasteiger partial charge in [-0.1, -0.05) is 6.08 Å². The Kier molecular flexibility index (Phi) is 3.93. The van der Waals surface area contributed by atoms with E-state index in [0.29, 0.717) is 27.7 Å². The summed E-state index contributed by atoms with van der Waals surface area (Å²) in [6.45, 7) is 1.42. The lowest BCUT2D eigenvalue weighted by Crippen LogP contribution is -2.25. The van der Waals surface area contributed by atoms with Crippen molar-refractivity contribution in [1.29, 1.82) is 0 Å². The van der Waals surface area contributed by atoms with E-state index in [1.54, 1.807) is 6.08 Å². The van der Waals surface area contributed by atoms with Crippen LogP contribution >= 0.6 is 11.8 Å². The topological polar surface area (TPSA) is 51.0 Å². The zero-order valence-electron chi connectivity index (χ0n) is 11.9. The Morgan fingerprint density at radius 1 is 1.30 bits per heavy atom. The van der Waals surface area contributed by atoms with Gasteiger partial charge in [-0.15, -0.1) is 0 Å². The third kappa shape index (κ3) is 2.74. The average Bonchev–Trinajstić information content (AvgIpc) is 2.53. The third-order valence-corrected chi connectivity index (χ3v) is 4.87. The second-order valence-corrected chi connectivity index (χ2v) is 6.30. The predicted octanol–water partition coefficient (Wildman–Crippen LogP) is 3.76. The molecule has 0 N–H and O–H groups in total. The lowest BCUT2D eigenvalue weighted by molar-refractivity contribution is -0.511. The molecular weight excluding hydrogens is 329 g/mol. The minimum absolute atomic E-state index is 0.0730. The first-order valence-electron chi connectivity index (χ1n) is 6.73. The molecule has 2 aromatic rings. The zero-order valence-corrected chi connectivity index (χ0v) is 12.7. The highest BCUT2D eigenvalue weighted by Gasteiger charge is 2.25. The molecule has 1 unspecified atom stereocenters. The molecule has 1 aromatic heterocycles. The second kappa shape index (κ2) is 5.77. The van der Waals surface area contributed by atoms with Gasteiger partial charge in [0, 0.05) is 16.2 Å². The van der Waals surface area contributed by atoms with Gasteiger partial charge in [-0.2, -0.15) is 0 Å². The Bertz CT molecular complexity index is 921. The summed E-state index contributed by atoms with van der Waals surface area (Å²) in [7, 11) is 0. The van der Waals surface area contributed by atoms with Gasteiger partial charge < -0.3 is 9.94 Å². The van der Waals surface area contributed by atoms with E-state index in [1.165, 1.54) is 19.1 Å². The molecule has 1 aromatic carbocycles. The second-order valence-electron chi connectivity index (χ2n) is 5.07. The number of thioether (sulfide) groups is 1. The van der Waals surface area contributed by atoms with Crippen LogP contribution in [0.4, 0.5) is 13.2 Å². The fraction of sp³-hybridized carbons (Fsp3) is 0.200. The van der Waals surface area contributed by atoms with E-state index >= 15 is 0 Å². The molecule has 1 aliphatic rings. The van der Waals surface area contributed by atoms with Crippen molar-refractivity contribution in [3.8, 4) is 0 Å². The number of halogens is 3. The Morgan fingerprint density at radius 3 is 2.65 bits per heavy atom. The molecule has 1 atom stereocenters. The highest BCUT2D eigenvalue weighted by molar-refractivity contribution is 8.00. The predicted molar refractivity (Wildman–Crippen MR) is 81.3 cm³/mol. The van der Waals surface area contributed by atoms with E-state index in [2.05, 4.69) is 0 Å². The van der Waals surface area contributed by atoms with Gasteiger partial charge in [0.2, 0.25) is 0 Å². The first-order valence-corrected chi connectivity index (χ1v) is 7.61. The first kappa shape index (κ1) is 15.7. The number of nitrogens with zero attached hydrogens (tertiary/aromatic N) is 2. The number of benzene rings is 1. The van der Waals surface area contributed by atoms with Crippen molar-refractivity contribution in [1.82, 2.24) is 4.73 Å². The summed E-state index contributed by atoms with van der Waals surface area (Å²) in [5.41, 5.74) is -0.425. The number of fused-ring (bicyclic) bond motifs is 1. The van der Waals surface area contributed by atoms with Gasteiger partial charge in [0.1, 0.15) is 11.3 Å². The van der Waals surface area contributed by atoms with Crippen LogP contribution in [-0.2, 0) is 0 Å². The first-order chi connectivity index (χ1) is 10.9. The highest BCUT2D eigenvalue weighted by atomic mass is 32.2. The maximum Gasteiger partial charge on any atom is 0.316 e. The number of aromatic nitrogens is 2. The molecule has 0 fully saturated rings. The molecule has 1 heterocycles. The van der Waals surface area contributed by atoms with Crippen LogP contribution in [0.2, 0.25) is 0 Å². The number of hydrogen-bond acceptors (Lipinski definition) is 3. The van der Waals surface area contributed by atoms with Crippen molar-refractivity contribution in [2.24, 2.45) is 0 Å². The Hall–Kier alpha value is -2.22. The summed E-state index contributed by atoms with van der Waals surface area (Å²) >= 11 is 1.07. The summed E-state index contributed by atoms with van der Waals surface area (Å²) in [4.78, 5) is 12.4. The summed E-state index contributed by atoms with van der Waals surface area (Å²) in [6, 6.07) is 1.40. The van der Waals surface area contributed by atoms with Crippen LogP contribution in [0, 0.1) is 28.7 Å². The van der Waals surface area contributed by atoms with E-state index in [0.717, 1.165) is 11.8 Å². The van der Waals surface area contributed by atoms with Gasteiger partial charge in [-0.25, -0.2) is 13.2 Å². The van der Waals surface area contributed by atoms with Gasteiger partial charge in [0.05, 0.1) is 16.2 Å². The molecule has 0 saturated carbocycles. The van der Waals surface area contributed by atoms with Crippen LogP contribution in [0.25, 0.3) is 11.0 Å². The van der Waals surface area contributed by atoms with E-state index in [1.807, 2.05) is 0 Å².